The van der Waals surface area contributed by atoms with Crippen LogP contribution in [0.2, 0.25) is 0 Å². The summed E-state index contributed by atoms with van der Waals surface area (Å²) in [4.78, 5) is 12.6. The molecule has 0 fully saturated rings. The number of phenolic OH excluding ortho intramolecular Hbond substituents is 1. The SMILES string of the molecule is COc1ccc(NC(=O)c2cn[nH]c2-c2ccc3c(c2)OCO3)c(O)c1. The Labute approximate surface area is 148 Å². The number of carbonyl (C=O) groups excluding carboxylic acids is 1. The number of ether oxygens (including phenoxy) is 3. The quantitative estimate of drug-likeness (QED) is 0.623. The first-order valence-corrected chi connectivity index (χ1v) is 7.77. The van der Waals surface area contributed by atoms with Crippen LogP contribution in [0.15, 0.2) is 42.6 Å². The molecule has 0 unspecified atom stereocenters. The standard InChI is InChI=1S/C18H15N3O5/c1-24-11-3-4-13(14(22)7-11)20-18(23)12-8-19-21-17(12)10-2-5-15-16(6-10)26-9-25-15/h2-8,22H,9H2,1H3,(H,19,21)(H,20,23). The van der Waals surface area contributed by atoms with E-state index in [1.165, 1.54) is 19.4 Å². The first-order valence-electron chi connectivity index (χ1n) is 7.77. The van der Waals surface area contributed by atoms with Crippen LogP contribution in [0.25, 0.3) is 11.3 Å². The predicted molar refractivity (Wildman–Crippen MR) is 92.8 cm³/mol. The molecule has 3 aromatic rings. The molecule has 8 nitrogen and oxygen atoms in total. The molecule has 132 valence electrons. The molecule has 0 spiro atoms. The number of aromatic nitrogens is 2. The average Bonchev–Trinajstić information content (AvgIpc) is 3.31. The molecule has 4 rings (SSSR count). The number of carbonyl (C=O) groups is 1. The van der Waals surface area contributed by atoms with Gasteiger partial charge in [-0.1, -0.05) is 0 Å². The van der Waals surface area contributed by atoms with Crippen LogP contribution in [-0.2, 0) is 0 Å². The van der Waals surface area contributed by atoms with E-state index in [-0.39, 0.29) is 18.2 Å². The molecular weight excluding hydrogens is 338 g/mol. The predicted octanol–water partition coefficient (Wildman–Crippen LogP) is 2.77. The summed E-state index contributed by atoms with van der Waals surface area (Å²) in [6.07, 6.45) is 1.43. The first-order chi connectivity index (χ1) is 12.7. The lowest BCUT2D eigenvalue weighted by molar-refractivity contribution is 0.102. The minimum Gasteiger partial charge on any atom is -0.506 e. The first kappa shape index (κ1) is 15.8. The number of nitrogens with one attached hydrogen (secondary N) is 2. The van der Waals surface area contributed by atoms with E-state index in [0.717, 1.165) is 5.56 Å². The number of hydrogen-bond acceptors (Lipinski definition) is 6. The molecule has 8 heteroatoms. The van der Waals surface area contributed by atoms with Gasteiger partial charge in [0.2, 0.25) is 6.79 Å². The Morgan fingerprint density at radius 2 is 2.08 bits per heavy atom. The minimum atomic E-state index is -0.410. The molecule has 0 radical (unpaired) electrons. The second-order valence-corrected chi connectivity index (χ2v) is 5.56. The van der Waals surface area contributed by atoms with Gasteiger partial charge in [-0.15, -0.1) is 0 Å². The van der Waals surface area contributed by atoms with Gasteiger partial charge in [-0.25, -0.2) is 0 Å². The molecule has 1 aliphatic heterocycles. The molecule has 26 heavy (non-hydrogen) atoms. The highest BCUT2D eigenvalue weighted by atomic mass is 16.7. The lowest BCUT2D eigenvalue weighted by atomic mass is 10.1. The zero-order valence-electron chi connectivity index (χ0n) is 13.8. The number of rotatable bonds is 4. The molecule has 1 aromatic heterocycles. The Hall–Kier alpha value is -3.68. The van der Waals surface area contributed by atoms with Crippen molar-refractivity contribution in [2.75, 3.05) is 19.2 Å². The van der Waals surface area contributed by atoms with Crippen LogP contribution >= 0.6 is 0 Å². The molecule has 0 saturated heterocycles. The van der Waals surface area contributed by atoms with E-state index in [0.29, 0.717) is 28.5 Å². The van der Waals surface area contributed by atoms with Gasteiger partial charge in [0.1, 0.15) is 11.5 Å². The van der Waals surface area contributed by atoms with Crippen LogP contribution in [0.4, 0.5) is 5.69 Å². The fourth-order valence-corrected chi connectivity index (χ4v) is 2.66. The van der Waals surface area contributed by atoms with Crippen LogP contribution < -0.4 is 19.5 Å². The summed E-state index contributed by atoms with van der Waals surface area (Å²) < 4.78 is 15.7. The molecule has 0 bridgehead atoms. The molecule has 0 aliphatic carbocycles. The van der Waals surface area contributed by atoms with Crippen molar-refractivity contribution in [1.82, 2.24) is 10.2 Å². The largest absolute Gasteiger partial charge is 0.506 e. The number of methoxy groups -OCH3 is 1. The van der Waals surface area contributed by atoms with Gasteiger partial charge < -0.3 is 24.6 Å². The topological polar surface area (TPSA) is 106 Å². The molecule has 2 aromatic carbocycles. The normalized spacial score (nSPS) is 12.0. The van der Waals surface area contributed by atoms with Gasteiger partial charge in [0.25, 0.3) is 5.91 Å². The summed E-state index contributed by atoms with van der Waals surface area (Å²) >= 11 is 0. The Morgan fingerprint density at radius 3 is 2.88 bits per heavy atom. The van der Waals surface area contributed by atoms with Crippen LogP contribution in [-0.4, -0.2) is 35.1 Å². The van der Waals surface area contributed by atoms with E-state index in [4.69, 9.17) is 14.2 Å². The van der Waals surface area contributed by atoms with E-state index in [2.05, 4.69) is 15.5 Å². The number of benzene rings is 2. The number of hydrogen-bond donors (Lipinski definition) is 3. The fraction of sp³-hybridized carbons (Fsp3) is 0.111. The van der Waals surface area contributed by atoms with Crippen LogP contribution in [0.5, 0.6) is 23.0 Å². The number of nitrogens with zero attached hydrogens (tertiary/aromatic N) is 1. The fourth-order valence-electron chi connectivity index (χ4n) is 2.66. The van der Waals surface area contributed by atoms with Gasteiger partial charge in [0, 0.05) is 11.6 Å². The number of phenols is 1. The maximum atomic E-state index is 12.6. The summed E-state index contributed by atoms with van der Waals surface area (Å²) in [5, 5.41) is 19.5. The lowest BCUT2D eigenvalue weighted by Crippen LogP contribution is -2.12. The number of H-pyrrole nitrogens is 1. The summed E-state index contributed by atoms with van der Waals surface area (Å²) in [5.74, 6) is 1.25. The highest BCUT2D eigenvalue weighted by molar-refractivity contribution is 6.08. The Bertz CT molecular complexity index is 983. The molecular formula is C18H15N3O5. The summed E-state index contributed by atoms with van der Waals surface area (Å²) in [6, 6.07) is 9.98. The number of aromatic hydroxyl groups is 1. The van der Waals surface area contributed by atoms with Gasteiger partial charge >= 0.3 is 0 Å². The monoisotopic (exact) mass is 353 g/mol. The third-order valence-electron chi connectivity index (χ3n) is 4.00. The second kappa shape index (κ2) is 6.32. The number of fused-ring (bicyclic) bond motifs is 1. The molecule has 0 atom stereocenters. The summed E-state index contributed by atoms with van der Waals surface area (Å²) in [6.45, 7) is 0.172. The van der Waals surface area contributed by atoms with Crippen molar-refractivity contribution >= 4 is 11.6 Å². The number of anilines is 1. The summed E-state index contributed by atoms with van der Waals surface area (Å²) in [7, 11) is 1.50. The molecule has 1 aliphatic rings. The second-order valence-electron chi connectivity index (χ2n) is 5.56. The highest BCUT2D eigenvalue weighted by Gasteiger charge is 2.20. The van der Waals surface area contributed by atoms with Gasteiger partial charge in [0.05, 0.1) is 30.3 Å². The van der Waals surface area contributed by atoms with Crippen molar-refractivity contribution in [3.8, 4) is 34.3 Å². The molecule has 3 N–H and O–H groups in total. The van der Waals surface area contributed by atoms with Crippen molar-refractivity contribution in [2.45, 2.75) is 0 Å². The van der Waals surface area contributed by atoms with Crippen molar-refractivity contribution in [1.29, 1.82) is 0 Å². The lowest BCUT2D eigenvalue weighted by Gasteiger charge is -2.09. The molecule has 0 saturated carbocycles. The van der Waals surface area contributed by atoms with Crippen LogP contribution in [0, 0.1) is 0 Å². The Kier molecular flexibility index (Phi) is 3.85. The van der Waals surface area contributed by atoms with E-state index < -0.39 is 5.91 Å². The number of amides is 1. The maximum Gasteiger partial charge on any atom is 0.259 e. The van der Waals surface area contributed by atoms with Crippen molar-refractivity contribution < 1.29 is 24.1 Å². The van der Waals surface area contributed by atoms with Crippen molar-refractivity contribution in [3.63, 3.8) is 0 Å². The van der Waals surface area contributed by atoms with Gasteiger partial charge in [-0.05, 0) is 30.3 Å². The number of aromatic amines is 1. The Morgan fingerprint density at radius 1 is 1.23 bits per heavy atom. The molecule has 1 amide bonds. The maximum absolute atomic E-state index is 12.6. The van der Waals surface area contributed by atoms with E-state index in [1.807, 2.05) is 6.07 Å². The van der Waals surface area contributed by atoms with E-state index >= 15 is 0 Å². The smallest absolute Gasteiger partial charge is 0.259 e. The van der Waals surface area contributed by atoms with E-state index in [1.54, 1.807) is 24.3 Å². The van der Waals surface area contributed by atoms with Crippen LogP contribution in [0.3, 0.4) is 0 Å². The highest BCUT2D eigenvalue weighted by Crippen LogP contribution is 2.36. The zero-order valence-corrected chi connectivity index (χ0v) is 13.8. The average molecular weight is 353 g/mol. The molecule has 2 heterocycles. The van der Waals surface area contributed by atoms with Gasteiger partial charge in [-0.3, -0.25) is 9.89 Å². The van der Waals surface area contributed by atoms with E-state index in [9.17, 15) is 9.90 Å². The van der Waals surface area contributed by atoms with Crippen molar-refractivity contribution in [2.24, 2.45) is 0 Å². The zero-order chi connectivity index (χ0) is 18.1. The van der Waals surface area contributed by atoms with Gasteiger partial charge in [0.15, 0.2) is 11.5 Å². The Balaban J connectivity index is 1.61. The summed E-state index contributed by atoms with van der Waals surface area (Å²) in [5.41, 5.74) is 1.87. The minimum absolute atomic E-state index is 0.0918. The third kappa shape index (κ3) is 2.77. The third-order valence-corrected chi connectivity index (χ3v) is 4.00. The van der Waals surface area contributed by atoms with Gasteiger partial charge in [-0.2, -0.15) is 5.10 Å². The van der Waals surface area contributed by atoms with Crippen molar-refractivity contribution in [3.05, 3.63) is 48.2 Å². The van der Waals surface area contributed by atoms with Crippen LogP contribution in [0.1, 0.15) is 10.4 Å².